The quantitative estimate of drug-likeness (QED) is 0.356. The Balaban J connectivity index is 1.30. The number of rotatable bonds is 14. The van der Waals surface area contributed by atoms with E-state index in [1.54, 1.807) is 0 Å². The lowest BCUT2D eigenvalue weighted by molar-refractivity contribution is -0.148. The maximum Gasteiger partial charge on any atom is 0.333 e. The van der Waals surface area contributed by atoms with Crippen LogP contribution in [0.4, 0.5) is 0 Å². The van der Waals surface area contributed by atoms with Gasteiger partial charge in [-0.05, 0) is 47.5 Å². The highest BCUT2D eigenvalue weighted by Crippen LogP contribution is 2.18. The van der Waals surface area contributed by atoms with E-state index in [-0.39, 0.29) is 0 Å². The molecule has 0 amide bonds. The lowest BCUT2D eigenvalue weighted by atomic mass is 10.1. The summed E-state index contributed by atoms with van der Waals surface area (Å²) >= 11 is 0. The minimum Gasteiger partial charge on any atom is -0.493 e. The summed E-state index contributed by atoms with van der Waals surface area (Å²) in [4.78, 5) is 11.0. The van der Waals surface area contributed by atoms with Crippen LogP contribution in [0.2, 0.25) is 0 Å². The smallest absolute Gasteiger partial charge is 0.333 e. The largest absolute Gasteiger partial charge is 0.493 e. The van der Waals surface area contributed by atoms with Crippen molar-refractivity contribution in [3.8, 4) is 17.2 Å². The first-order valence-electron chi connectivity index (χ1n) is 11.0. The molecule has 0 aliphatic carbocycles. The van der Waals surface area contributed by atoms with Gasteiger partial charge in [-0.15, -0.1) is 0 Å². The van der Waals surface area contributed by atoms with Crippen LogP contribution in [0, 0.1) is 0 Å². The molecular weight excluding hydrogens is 420 g/mol. The minimum absolute atomic E-state index is 0.316. The zero-order chi connectivity index (χ0) is 23.3. The Kier molecular flexibility index (Phi) is 9.61. The van der Waals surface area contributed by atoms with Crippen molar-refractivity contribution in [1.82, 2.24) is 0 Å². The molecule has 3 aromatic carbocycles. The molecule has 0 fully saturated rings. The Morgan fingerprint density at radius 2 is 1.24 bits per heavy atom. The van der Waals surface area contributed by atoms with Crippen molar-refractivity contribution in [2.75, 3.05) is 26.9 Å². The van der Waals surface area contributed by atoms with Crippen molar-refractivity contribution in [1.29, 1.82) is 0 Å². The summed E-state index contributed by atoms with van der Waals surface area (Å²) in [6.45, 7) is 1.70. The Labute approximate surface area is 194 Å². The molecule has 0 bridgehead atoms. The fourth-order valence-electron chi connectivity index (χ4n) is 3.21. The number of aliphatic carboxylic acids is 1. The summed E-state index contributed by atoms with van der Waals surface area (Å²) in [5.74, 6) is 1.38. The van der Waals surface area contributed by atoms with E-state index in [0.717, 1.165) is 35.7 Å². The molecule has 3 aromatic rings. The van der Waals surface area contributed by atoms with Crippen molar-refractivity contribution in [3.05, 3.63) is 90.0 Å². The second kappa shape index (κ2) is 13.1. The van der Waals surface area contributed by atoms with Crippen molar-refractivity contribution in [2.45, 2.75) is 25.4 Å². The number of benzene rings is 3. The third-order valence-corrected chi connectivity index (χ3v) is 5.06. The van der Waals surface area contributed by atoms with E-state index in [1.807, 2.05) is 66.7 Å². The van der Waals surface area contributed by atoms with Crippen molar-refractivity contribution in [2.24, 2.45) is 0 Å². The molecule has 1 N–H and O–H groups in total. The van der Waals surface area contributed by atoms with Gasteiger partial charge in [-0.1, -0.05) is 42.5 Å². The van der Waals surface area contributed by atoms with Gasteiger partial charge in [-0.25, -0.2) is 4.79 Å². The Hall–Kier alpha value is -3.51. The summed E-state index contributed by atoms with van der Waals surface area (Å²) < 4.78 is 22.3. The number of hydrogen-bond acceptors (Lipinski definition) is 5. The van der Waals surface area contributed by atoms with E-state index < -0.39 is 12.1 Å². The average Bonchev–Trinajstić information content (AvgIpc) is 2.84. The van der Waals surface area contributed by atoms with E-state index in [9.17, 15) is 4.79 Å². The van der Waals surface area contributed by atoms with Crippen LogP contribution in [-0.2, 0) is 22.4 Å². The Morgan fingerprint density at radius 1 is 0.727 bits per heavy atom. The van der Waals surface area contributed by atoms with Crippen LogP contribution < -0.4 is 14.2 Å². The van der Waals surface area contributed by atoms with Crippen LogP contribution in [0.3, 0.4) is 0 Å². The Bertz CT molecular complexity index is 954. The van der Waals surface area contributed by atoms with Gasteiger partial charge >= 0.3 is 5.97 Å². The van der Waals surface area contributed by atoms with E-state index in [2.05, 4.69) is 12.1 Å². The molecule has 0 aromatic heterocycles. The van der Waals surface area contributed by atoms with Gasteiger partial charge in [-0.2, -0.15) is 0 Å². The fourth-order valence-corrected chi connectivity index (χ4v) is 3.21. The van der Waals surface area contributed by atoms with Crippen molar-refractivity contribution in [3.63, 3.8) is 0 Å². The zero-order valence-electron chi connectivity index (χ0n) is 18.8. The number of carboxylic acid groups (broad SMARTS) is 1. The zero-order valence-corrected chi connectivity index (χ0v) is 18.8. The molecule has 1 atom stereocenters. The third-order valence-electron chi connectivity index (χ3n) is 5.06. The topological polar surface area (TPSA) is 74.2 Å². The van der Waals surface area contributed by atoms with Crippen LogP contribution in [0.1, 0.15) is 17.5 Å². The van der Waals surface area contributed by atoms with E-state index in [4.69, 9.17) is 24.1 Å². The first-order chi connectivity index (χ1) is 16.1. The van der Waals surface area contributed by atoms with Gasteiger partial charge in [0.05, 0.1) is 19.8 Å². The molecule has 6 heteroatoms. The molecule has 0 radical (unpaired) electrons. The SMILES string of the molecule is COC(Cc1ccc(OCCCOc2ccc(OCCc3ccccc3)cc2)cc1)C(=O)O. The van der Waals surface area contributed by atoms with E-state index in [0.29, 0.717) is 26.2 Å². The number of hydrogen-bond donors (Lipinski definition) is 1. The number of carbonyl (C=O) groups is 1. The van der Waals surface area contributed by atoms with Crippen molar-refractivity contribution < 1.29 is 28.8 Å². The van der Waals surface area contributed by atoms with E-state index in [1.165, 1.54) is 12.7 Å². The van der Waals surface area contributed by atoms with Gasteiger partial charge in [0.25, 0.3) is 0 Å². The average molecular weight is 451 g/mol. The van der Waals surface area contributed by atoms with Crippen LogP contribution in [-0.4, -0.2) is 44.1 Å². The molecule has 0 saturated heterocycles. The van der Waals surface area contributed by atoms with Gasteiger partial charge in [-0.3, -0.25) is 0 Å². The summed E-state index contributed by atoms with van der Waals surface area (Å²) in [7, 11) is 1.40. The second-order valence-electron chi connectivity index (χ2n) is 7.52. The molecule has 0 aliphatic heterocycles. The minimum atomic E-state index is -0.969. The van der Waals surface area contributed by atoms with Crippen LogP contribution >= 0.6 is 0 Å². The summed E-state index contributed by atoms with van der Waals surface area (Å²) in [5.41, 5.74) is 2.14. The van der Waals surface area contributed by atoms with Gasteiger partial charge in [0.15, 0.2) is 6.10 Å². The van der Waals surface area contributed by atoms with Gasteiger partial charge in [0.1, 0.15) is 17.2 Å². The molecule has 0 aliphatic rings. The van der Waals surface area contributed by atoms with Crippen molar-refractivity contribution >= 4 is 5.97 Å². The first kappa shape index (κ1) is 24.1. The lowest BCUT2D eigenvalue weighted by Crippen LogP contribution is -2.24. The standard InChI is InChI=1S/C27H30O6/c1-30-26(27(28)29)20-22-8-10-23(11-9-22)31-17-5-18-32-24-12-14-25(15-13-24)33-19-16-21-6-3-2-4-7-21/h2-4,6-15,26H,5,16-20H2,1H3,(H,28,29). The third kappa shape index (κ3) is 8.50. The summed E-state index contributed by atoms with van der Waals surface area (Å²) in [6.07, 6.45) is 1.08. The Morgan fingerprint density at radius 3 is 1.76 bits per heavy atom. The monoisotopic (exact) mass is 450 g/mol. The molecule has 3 rings (SSSR count). The summed E-state index contributed by atoms with van der Waals surface area (Å²) in [6, 6.07) is 25.3. The first-order valence-corrected chi connectivity index (χ1v) is 11.0. The van der Waals surface area contributed by atoms with Crippen LogP contribution in [0.5, 0.6) is 17.2 Å². The lowest BCUT2D eigenvalue weighted by Gasteiger charge is -2.11. The number of carboxylic acids is 1. The molecular formula is C27H30O6. The number of methoxy groups -OCH3 is 1. The fraction of sp³-hybridized carbons (Fsp3) is 0.296. The molecule has 6 nitrogen and oxygen atoms in total. The predicted octanol–water partition coefficient (Wildman–Crippen LogP) is 4.80. The van der Waals surface area contributed by atoms with Crippen LogP contribution in [0.25, 0.3) is 0 Å². The van der Waals surface area contributed by atoms with Crippen LogP contribution in [0.15, 0.2) is 78.9 Å². The van der Waals surface area contributed by atoms with Gasteiger partial charge in [0.2, 0.25) is 0 Å². The molecule has 0 saturated carbocycles. The highest BCUT2D eigenvalue weighted by atomic mass is 16.5. The molecule has 1 unspecified atom stereocenters. The normalized spacial score (nSPS) is 11.5. The van der Waals surface area contributed by atoms with Gasteiger partial charge in [0, 0.05) is 26.4 Å². The molecule has 0 heterocycles. The number of ether oxygens (including phenoxy) is 4. The maximum absolute atomic E-state index is 11.0. The maximum atomic E-state index is 11.0. The van der Waals surface area contributed by atoms with Gasteiger partial charge < -0.3 is 24.1 Å². The predicted molar refractivity (Wildman–Crippen MR) is 126 cm³/mol. The molecule has 33 heavy (non-hydrogen) atoms. The highest BCUT2D eigenvalue weighted by molar-refractivity contribution is 5.72. The molecule has 0 spiro atoms. The summed E-state index contributed by atoms with van der Waals surface area (Å²) in [5, 5.41) is 9.06. The molecule has 174 valence electrons. The highest BCUT2D eigenvalue weighted by Gasteiger charge is 2.16. The van der Waals surface area contributed by atoms with E-state index >= 15 is 0 Å². The second-order valence-corrected chi connectivity index (χ2v) is 7.52.